The van der Waals surface area contributed by atoms with Crippen LogP contribution in [0.15, 0.2) is 31.6 Å². The molecule has 4 rings (SSSR count). The van der Waals surface area contributed by atoms with Crippen LogP contribution in [-0.4, -0.2) is 45.2 Å². The van der Waals surface area contributed by atoms with E-state index in [9.17, 15) is 21.9 Å². The first-order valence-corrected chi connectivity index (χ1v) is 9.98. The van der Waals surface area contributed by atoms with Crippen molar-refractivity contribution in [3.05, 3.63) is 37.2 Å². The number of nitrogens with zero attached hydrogens (tertiary/aromatic N) is 4. The van der Waals surface area contributed by atoms with Gasteiger partial charge in [-0.3, -0.25) is 4.79 Å². The second-order valence-electron chi connectivity index (χ2n) is 6.99. The van der Waals surface area contributed by atoms with E-state index in [0.717, 1.165) is 37.0 Å². The van der Waals surface area contributed by atoms with E-state index >= 15 is 0 Å². The lowest BCUT2D eigenvalue weighted by molar-refractivity contribution is -0.141. The van der Waals surface area contributed by atoms with Crippen molar-refractivity contribution in [2.24, 2.45) is 0 Å². The zero-order valence-electron chi connectivity index (χ0n) is 15.8. The van der Waals surface area contributed by atoms with Crippen molar-refractivity contribution >= 4 is 35.0 Å². The molecule has 0 bridgehead atoms. The summed E-state index contributed by atoms with van der Waals surface area (Å²) in [5.41, 5.74) is 1.08. The lowest BCUT2D eigenvalue weighted by atomic mass is 9.92. The van der Waals surface area contributed by atoms with Gasteiger partial charge in [0.25, 0.3) is 5.91 Å². The highest BCUT2D eigenvalue weighted by atomic mass is 32.2. The Morgan fingerprint density at radius 3 is 2.52 bits per heavy atom. The van der Waals surface area contributed by atoms with Crippen molar-refractivity contribution in [1.82, 2.24) is 13.9 Å². The second kappa shape index (κ2) is 8.64. The van der Waals surface area contributed by atoms with Gasteiger partial charge in [-0.1, -0.05) is 19.3 Å². The van der Waals surface area contributed by atoms with E-state index in [0.29, 0.717) is 16.7 Å². The maximum atomic E-state index is 13.1. The Morgan fingerprint density at radius 1 is 1.21 bits per heavy atom. The van der Waals surface area contributed by atoms with Gasteiger partial charge in [0.1, 0.15) is 6.54 Å². The van der Waals surface area contributed by atoms with Crippen LogP contribution in [0.1, 0.15) is 42.5 Å². The SMILES string of the molecule is C=C.O=C1c2cnc3c(ccn3SF)c2N(C2CCCCC2)CN1CC(F)(F)F. The van der Waals surface area contributed by atoms with Crippen molar-refractivity contribution in [2.75, 3.05) is 18.1 Å². The number of anilines is 1. The molecule has 2 aromatic heterocycles. The van der Waals surface area contributed by atoms with Crippen molar-refractivity contribution < 1.29 is 21.9 Å². The highest BCUT2D eigenvalue weighted by molar-refractivity contribution is 7.92. The zero-order chi connectivity index (χ0) is 21.2. The number of hydrogen-bond donors (Lipinski definition) is 0. The van der Waals surface area contributed by atoms with Crippen LogP contribution < -0.4 is 4.90 Å². The fraction of sp³-hybridized carbons (Fsp3) is 0.474. The fourth-order valence-corrected chi connectivity index (χ4v) is 4.41. The minimum absolute atomic E-state index is 0.00681. The van der Waals surface area contributed by atoms with Gasteiger partial charge in [0, 0.05) is 23.8 Å². The van der Waals surface area contributed by atoms with Crippen LogP contribution in [0.4, 0.5) is 22.7 Å². The van der Waals surface area contributed by atoms with E-state index in [1.165, 1.54) is 16.4 Å². The Balaban J connectivity index is 0.00000117. The molecule has 0 saturated heterocycles. The number of rotatable bonds is 3. The van der Waals surface area contributed by atoms with E-state index in [1.807, 2.05) is 4.90 Å². The summed E-state index contributed by atoms with van der Waals surface area (Å²) in [5, 5.41) is 0.586. The fourth-order valence-electron chi connectivity index (χ4n) is 4.09. The predicted molar refractivity (Wildman–Crippen MR) is 106 cm³/mol. The largest absolute Gasteiger partial charge is 0.406 e. The number of alkyl halides is 3. The highest BCUT2D eigenvalue weighted by Crippen LogP contribution is 2.39. The van der Waals surface area contributed by atoms with Crippen molar-refractivity contribution in [3.63, 3.8) is 0 Å². The lowest BCUT2D eigenvalue weighted by Gasteiger charge is -2.44. The molecule has 0 spiro atoms. The first-order chi connectivity index (χ1) is 13.9. The average Bonchev–Trinajstić information content (AvgIpc) is 3.14. The molecule has 158 valence electrons. The molecular weight excluding hydrogens is 408 g/mol. The highest BCUT2D eigenvalue weighted by Gasteiger charge is 2.40. The third-order valence-electron chi connectivity index (χ3n) is 5.24. The summed E-state index contributed by atoms with van der Waals surface area (Å²) in [6.45, 7) is 4.58. The summed E-state index contributed by atoms with van der Waals surface area (Å²) in [6, 6.07) is 1.71. The Bertz CT molecular complexity index is 879. The van der Waals surface area contributed by atoms with E-state index in [4.69, 9.17) is 0 Å². The first-order valence-electron chi connectivity index (χ1n) is 9.31. The molecule has 1 amide bonds. The third-order valence-corrected chi connectivity index (χ3v) is 5.68. The number of halogens is 4. The molecule has 10 heteroatoms. The molecule has 0 atom stereocenters. The summed E-state index contributed by atoms with van der Waals surface area (Å²) in [6.07, 6.45) is 3.11. The topological polar surface area (TPSA) is 41.4 Å². The number of pyridine rings is 1. The number of hydrogen-bond acceptors (Lipinski definition) is 4. The predicted octanol–water partition coefficient (Wildman–Crippen LogP) is 5.33. The molecular formula is C19H22F4N4OS. The van der Waals surface area contributed by atoms with Crippen LogP contribution in [0.5, 0.6) is 0 Å². The maximum absolute atomic E-state index is 13.1. The van der Waals surface area contributed by atoms with Crippen molar-refractivity contribution in [2.45, 2.75) is 44.3 Å². The summed E-state index contributed by atoms with van der Waals surface area (Å²) in [5.74, 6) is -0.690. The average molecular weight is 430 g/mol. The van der Waals surface area contributed by atoms with Gasteiger partial charge in [0.2, 0.25) is 0 Å². The van der Waals surface area contributed by atoms with Crippen LogP contribution in [0.25, 0.3) is 11.0 Å². The molecule has 0 unspecified atom stereocenters. The number of amides is 1. The summed E-state index contributed by atoms with van der Waals surface area (Å²) < 4.78 is 53.3. The molecule has 2 aromatic rings. The molecule has 29 heavy (non-hydrogen) atoms. The molecule has 1 fully saturated rings. The lowest BCUT2D eigenvalue weighted by Crippen LogP contribution is -2.53. The summed E-state index contributed by atoms with van der Waals surface area (Å²) in [7, 11) is 0. The zero-order valence-corrected chi connectivity index (χ0v) is 16.6. The van der Waals surface area contributed by atoms with Crippen LogP contribution in [-0.2, 0) is 0 Å². The van der Waals surface area contributed by atoms with Gasteiger partial charge < -0.3 is 9.80 Å². The molecule has 1 aliphatic heterocycles. The van der Waals surface area contributed by atoms with Crippen LogP contribution in [0.2, 0.25) is 0 Å². The maximum Gasteiger partial charge on any atom is 0.406 e. The molecule has 0 N–H and O–H groups in total. The summed E-state index contributed by atoms with van der Waals surface area (Å²) in [4.78, 5) is 19.6. The minimum Gasteiger partial charge on any atom is -0.349 e. The van der Waals surface area contributed by atoms with Gasteiger partial charge in [-0.25, -0.2) is 8.96 Å². The molecule has 1 aliphatic carbocycles. The van der Waals surface area contributed by atoms with Gasteiger partial charge in [-0.2, -0.15) is 13.2 Å². The molecule has 5 nitrogen and oxygen atoms in total. The van der Waals surface area contributed by atoms with Gasteiger partial charge in [0.05, 0.1) is 17.9 Å². The van der Waals surface area contributed by atoms with E-state index in [-0.39, 0.29) is 30.6 Å². The standard InChI is InChI=1S/C17H18F4N4OS.C2H4/c18-17(19,20)9-23-10-24(11-4-2-1-3-5-11)14-12-6-7-25(27-21)15(12)22-8-13(14)16(23)26;1-2/h6-8,11H,1-5,9-10H2;1-2H2. The number of aromatic nitrogens is 2. The van der Waals surface area contributed by atoms with Gasteiger partial charge in [-0.05, 0) is 18.9 Å². The van der Waals surface area contributed by atoms with E-state index < -0.39 is 18.6 Å². The van der Waals surface area contributed by atoms with Crippen molar-refractivity contribution in [1.29, 1.82) is 0 Å². The van der Waals surface area contributed by atoms with Gasteiger partial charge in [-0.15, -0.1) is 17.0 Å². The number of fused-ring (bicyclic) bond motifs is 3. The number of carbonyl (C=O) groups is 1. The van der Waals surface area contributed by atoms with Gasteiger partial charge >= 0.3 is 6.18 Å². The molecule has 3 heterocycles. The smallest absolute Gasteiger partial charge is 0.349 e. The first kappa shape index (κ1) is 21.5. The monoisotopic (exact) mass is 430 g/mol. The molecule has 0 radical (unpaired) electrons. The number of carbonyl (C=O) groups excluding carboxylic acids is 1. The molecule has 2 aliphatic rings. The van der Waals surface area contributed by atoms with E-state index in [2.05, 4.69) is 18.1 Å². The van der Waals surface area contributed by atoms with Crippen LogP contribution >= 0.6 is 12.3 Å². The van der Waals surface area contributed by atoms with Crippen LogP contribution in [0, 0.1) is 0 Å². The Hall–Kier alpha value is -2.23. The van der Waals surface area contributed by atoms with Gasteiger partial charge in [0.15, 0.2) is 18.0 Å². The minimum atomic E-state index is -4.48. The second-order valence-corrected chi connectivity index (χ2v) is 7.52. The normalized spacial score (nSPS) is 17.9. The van der Waals surface area contributed by atoms with Crippen molar-refractivity contribution in [3.8, 4) is 0 Å². The van der Waals surface area contributed by atoms with Crippen LogP contribution in [0.3, 0.4) is 0 Å². The molecule has 1 saturated carbocycles. The third kappa shape index (κ3) is 4.22. The Morgan fingerprint density at radius 2 is 1.90 bits per heavy atom. The summed E-state index contributed by atoms with van der Waals surface area (Å²) >= 11 is -0.00681. The quantitative estimate of drug-likeness (QED) is 0.487. The molecule has 0 aromatic carbocycles. The Labute approximate surface area is 170 Å². The van der Waals surface area contributed by atoms with E-state index in [1.54, 1.807) is 6.07 Å². The Kier molecular flexibility index (Phi) is 6.40.